The molecule has 2 amide bonds. The Morgan fingerprint density at radius 3 is 2.52 bits per heavy atom. The number of aromatic nitrogens is 3. The minimum Gasteiger partial charge on any atom is -0.365 e. The largest absolute Gasteiger partial charge is 0.365 e. The minimum atomic E-state index is -0.551. The van der Waals surface area contributed by atoms with Crippen LogP contribution in [-0.4, -0.2) is 88.8 Å². The molecule has 0 saturated carbocycles. The predicted octanol–water partition coefficient (Wildman–Crippen LogP) is -0.991. The Morgan fingerprint density at radius 2 is 1.91 bits per heavy atom. The summed E-state index contributed by atoms with van der Waals surface area (Å²) in [5.74, 6) is 1.39. The molecule has 0 spiro atoms. The van der Waals surface area contributed by atoms with Crippen LogP contribution in [0.2, 0.25) is 0 Å². The summed E-state index contributed by atoms with van der Waals surface area (Å²) in [4.78, 5) is 33.9. The summed E-state index contributed by atoms with van der Waals surface area (Å²) in [5, 5.41) is 6.97. The van der Waals surface area contributed by atoms with Crippen molar-refractivity contribution >= 4 is 17.8 Å². The molecule has 1 aromatic rings. The second-order valence-electron chi connectivity index (χ2n) is 5.86. The van der Waals surface area contributed by atoms with Gasteiger partial charge < -0.3 is 19.4 Å². The highest BCUT2D eigenvalue weighted by atomic mass is 16.5. The number of aryl methyl sites for hydroxylation is 1. The van der Waals surface area contributed by atoms with Crippen molar-refractivity contribution in [3.8, 4) is 0 Å². The fourth-order valence-electron chi connectivity index (χ4n) is 2.89. The molecule has 0 aromatic carbocycles. The van der Waals surface area contributed by atoms with E-state index in [1.54, 1.807) is 9.80 Å². The Morgan fingerprint density at radius 1 is 1.17 bits per heavy atom. The standard InChI is InChI=1S/C14H22N6O3/c1-10-15-14(17-16-10)19-5-3-18(4-6-19)13(22)12-9-20(11(2)21)7-8-23-12/h12H,3-9H2,1-2H3,(H,15,16,17). The van der Waals surface area contributed by atoms with Crippen molar-refractivity contribution in [1.29, 1.82) is 0 Å². The van der Waals surface area contributed by atoms with Gasteiger partial charge in [0.05, 0.1) is 13.2 Å². The molecule has 1 N–H and O–H groups in total. The van der Waals surface area contributed by atoms with E-state index in [1.165, 1.54) is 6.92 Å². The maximum atomic E-state index is 12.6. The van der Waals surface area contributed by atoms with Gasteiger partial charge in [-0.1, -0.05) is 0 Å². The molecule has 2 saturated heterocycles. The van der Waals surface area contributed by atoms with E-state index in [2.05, 4.69) is 20.1 Å². The van der Waals surface area contributed by atoms with Crippen LogP contribution in [0.15, 0.2) is 0 Å². The normalized spacial score (nSPS) is 22.3. The molecule has 1 aromatic heterocycles. The number of aromatic amines is 1. The number of H-pyrrole nitrogens is 1. The fourth-order valence-corrected chi connectivity index (χ4v) is 2.89. The summed E-state index contributed by atoms with van der Waals surface area (Å²) in [5.41, 5.74) is 0. The molecule has 3 heterocycles. The number of hydrogen-bond donors (Lipinski definition) is 1. The number of amides is 2. The van der Waals surface area contributed by atoms with E-state index < -0.39 is 6.10 Å². The summed E-state index contributed by atoms with van der Waals surface area (Å²) in [7, 11) is 0. The van der Waals surface area contributed by atoms with Crippen LogP contribution in [0.4, 0.5) is 5.95 Å². The second-order valence-corrected chi connectivity index (χ2v) is 5.86. The average molecular weight is 322 g/mol. The van der Waals surface area contributed by atoms with Gasteiger partial charge in [-0.15, -0.1) is 5.10 Å². The molecule has 0 radical (unpaired) electrons. The predicted molar refractivity (Wildman–Crippen MR) is 81.9 cm³/mol. The van der Waals surface area contributed by atoms with Gasteiger partial charge in [-0.2, -0.15) is 4.98 Å². The number of rotatable bonds is 2. The zero-order valence-corrected chi connectivity index (χ0v) is 13.5. The van der Waals surface area contributed by atoms with Gasteiger partial charge >= 0.3 is 0 Å². The van der Waals surface area contributed by atoms with E-state index >= 15 is 0 Å². The highest BCUT2D eigenvalue weighted by molar-refractivity contribution is 5.83. The van der Waals surface area contributed by atoms with Gasteiger partial charge in [0.2, 0.25) is 11.9 Å². The van der Waals surface area contributed by atoms with E-state index in [4.69, 9.17) is 4.74 Å². The van der Waals surface area contributed by atoms with Crippen molar-refractivity contribution in [2.75, 3.05) is 50.8 Å². The number of carbonyl (C=O) groups is 2. The van der Waals surface area contributed by atoms with Crippen LogP contribution >= 0.6 is 0 Å². The van der Waals surface area contributed by atoms with E-state index in [9.17, 15) is 9.59 Å². The van der Waals surface area contributed by atoms with Gasteiger partial charge in [0, 0.05) is 39.6 Å². The first kappa shape index (κ1) is 15.7. The van der Waals surface area contributed by atoms with Gasteiger partial charge in [-0.25, -0.2) is 0 Å². The summed E-state index contributed by atoms with van der Waals surface area (Å²) < 4.78 is 5.56. The van der Waals surface area contributed by atoms with Crippen molar-refractivity contribution in [2.24, 2.45) is 0 Å². The molecule has 0 aliphatic carbocycles. The van der Waals surface area contributed by atoms with Crippen LogP contribution in [-0.2, 0) is 14.3 Å². The molecular weight excluding hydrogens is 300 g/mol. The number of morpholine rings is 1. The van der Waals surface area contributed by atoms with Gasteiger partial charge in [0.15, 0.2) is 6.10 Å². The summed E-state index contributed by atoms with van der Waals surface area (Å²) in [6.07, 6.45) is -0.551. The first-order valence-corrected chi connectivity index (χ1v) is 7.84. The van der Waals surface area contributed by atoms with Crippen molar-refractivity contribution in [2.45, 2.75) is 20.0 Å². The van der Waals surface area contributed by atoms with E-state index in [1.807, 2.05) is 6.92 Å². The number of nitrogens with zero attached hydrogens (tertiary/aromatic N) is 5. The Labute approximate surface area is 134 Å². The van der Waals surface area contributed by atoms with Gasteiger partial charge in [0.25, 0.3) is 5.91 Å². The number of anilines is 1. The lowest BCUT2D eigenvalue weighted by atomic mass is 10.2. The summed E-state index contributed by atoms with van der Waals surface area (Å²) in [6, 6.07) is 0. The molecule has 2 aliphatic rings. The van der Waals surface area contributed by atoms with E-state index in [-0.39, 0.29) is 11.8 Å². The highest BCUT2D eigenvalue weighted by Crippen LogP contribution is 2.14. The third-order valence-corrected chi connectivity index (χ3v) is 4.25. The van der Waals surface area contributed by atoms with Crippen molar-refractivity contribution in [3.05, 3.63) is 5.82 Å². The zero-order valence-electron chi connectivity index (χ0n) is 13.5. The lowest BCUT2D eigenvalue weighted by molar-refractivity contribution is -0.153. The van der Waals surface area contributed by atoms with Crippen LogP contribution < -0.4 is 4.90 Å². The molecule has 126 valence electrons. The lowest BCUT2D eigenvalue weighted by Crippen LogP contribution is -2.56. The molecule has 9 nitrogen and oxygen atoms in total. The van der Waals surface area contributed by atoms with Gasteiger partial charge in [0.1, 0.15) is 5.82 Å². The molecular formula is C14H22N6O3. The lowest BCUT2D eigenvalue weighted by Gasteiger charge is -2.38. The number of carbonyl (C=O) groups excluding carboxylic acids is 2. The van der Waals surface area contributed by atoms with Gasteiger partial charge in [-0.3, -0.25) is 14.7 Å². The Kier molecular flexibility index (Phi) is 4.46. The van der Waals surface area contributed by atoms with Gasteiger partial charge in [-0.05, 0) is 6.92 Å². The molecule has 2 aliphatic heterocycles. The van der Waals surface area contributed by atoms with Crippen LogP contribution in [0, 0.1) is 6.92 Å². The average Bonchev–Trinajstić information content (AvgIpc) is 3.01. The van der Waals surface area contributed by atoms with Crippen LogP contribution in [0.1, 0.15) is 12.7 Å². The summed E-state index contributed by atoms with van der Waals surface area (Å²) in [6.45, 7) is 7.26. The molecule has 1 unspecified atom stereocenters. The number of ether oxygens (including phenoxy) is 1. The first-order chi connectivity index (χ1) is 11.0. The second kappa shape index (κ2) is 6.53. The Bertz CT molecular complexity index is 581. The molecule has 3 rings (SSSR count). The molecule has 9 heteroatoms. The fraction of sp³-hybridized carbons (Fsp3) is 0.714. The molecule has 23 heavy (non-hydrogen) atoms. The smallest absolute Gasteiger partial charge is 0.253 e. The SMILES string of the molecule is CC(=O)N1CCOC(C(=O)N2CCN(c3n[nH]c(C)n3)CC2)C1. The maximum absolute atomic E-state index is 12.6. The number of piperazine rings is 1. The van der Waals surface area contributed by atoms with Crippen LogP contribution in [0.25, 0.3) is 0 Å². The molecule has 0 bridgehead atoms. The third kappa shape index (κ3) is 3.44. The van der Waals surface area contributed by atoms with E-state index in [0.717, 1.165) is 5.82 Å². The Hall–Kier alpha value is -2.16. The maximum Gasteiger partial charge on any atom is 0.253 e. The third-order valence-electron chi connectivity index (χ3n) is 4.25. The van der Waals surface area contributed by atoms with Crippen molar-refractivity contribution in [3.63, 3.8) is 0 Å². The van der Waals surface area contributed by atoms with Crippen LogP contribution in [0.5, 0.6) is 0 Å². The monoisotopic (exact) mass is 322 g/mol. The Balaban J connectivity index is 1.54. The van der Waals surface area contributed by atoms with Crippen LogP contribution in [0.3, 0.4) is 0 Å². The number of hydrogen-bond acceptors (Lipinski definition) is 6. The molecule has 2 fully saturated rings. The molecule has 1 atom stereocenters. The topological polar surface area (TPSA) is 94.7 Å². The van der Waals surface area contributed by atoms with Crippen molar-refractivity contribution < 1.29 is 14.3 Å². The zero-order chi connectivity index (χ0) is 16.4. The quantitative estimate of drug-likeness (QED) is 0.751. The summed E-state index contributed by atoms with van der Waals surface area (Å²) >= 11 is 0. The van der Waals surface area contributed by atoms with Crippen molar-refractivity contribution in [1.82, 2.24) is 25.0 Å². The number of nitrogens with one attached hydrogen (secondary N) is 1. The van der Waals surface area contributed by atoms with E-state index in [0.29, 0.717) is 51.8 Å². The minimum absolute atomic E-state index is 0.0177. The highest BCUT2D eigenvalue weighted by Gasteiger charge is 2.33. The first-order valence-electron chi connectivity index (χ1n) is 7.84.